The molecule has 1 aromatic rings. The highest BCUT2D eigenvalue weighted by atomic mass is 19.4. The Morgan fingerprint density at radius 1 is 1.32 bits per heavy atom. The molecule has 0 aliphatic carbocycles. The van der Waals surface area contributed by atoms with Crippen LogP contribution in [-0.4, -0.2) is 33.6 Å². The maximum atomic E-state index is 13.4. The number of unbranched alkanes of at least 4 members (excludes halogenated alkanes) is 3. The number of hydrazone groups is 1. The Morgan fingerprint density at radius 2 is 2.04 bits per heavy atom. The van der Waals surface area contributed by atoms with Crippen LogP contribution in [0.25, 0.3) is 0 Å². The highest BCUT2D eigenvalue weighted by molar-refractivity contribution is 5.98. The summed E-state index contributed by atoms with van der Waals surface area (Å²) in [5.41, 5.74) is -2.27. The van der Waals surface area contributed by atoms with Crippen LogP contribution in [0.4, 0.5) is 13.2 Å². The molecule has 0 saturated heterocycles. The van der Waals surface area contributed by atoms with Gasteiger partial charge in [0.05, 0.1) is 0 Å². The molecule has 0 saturated carbocycles. The SMILES string of the molecule is CCCCCCC1=NN(C(=O)c2cccc(C)c2)C(O)(C(F)(F)F)C1. The first kappa shape index (κ1) is 19.4. The van der Waals surface area contributed by atoms with Crippen molar-refractivity contribution < 1.29 is 23.1 Å². The third-order valence-corrected chi connectivity index (χ3v) is 4.27. The van der Waals surface area contributed by atoms with Crippen molar-refractivity contribution in [2.75, 3.05) is 0 Å². The highest BCUT2D eigenvalue weighted by Gasteiger charge is 2.63. The van der Waals surface area contributed by atoms with Crippen molar-refractivity contribution in [1.29, 1.82) is 0 Å². The van der Waals surface area contributed by atoms with Crippen LogP contribution in [0.2, 0.25) is 0 Å². The third-order valence-electron chi connectivity index (χ3n) is 4.27. The first-order valence-corrected chi connectivity index (χ1v) is 8.45. The summed E-state index contributed by atoms with van der Waals surface area (Å²) in [4.78, 5) is 12.5. The molecule has 1 aliphatic rings. The summed E-state index contributed by atoms with van der Waals surface area (Å²) in [6.07, 6.45) is -1.77. The number of carbonyl (C=O) groups is 1. The summed E-state index contributed by atoms with van der Waals surface area (Å²) in [5, 5.41) is 14.3. The van der Waals surface area contributed by atoms with Gasteiger partial charge in [-0.15, -0.1) is 0 Å². The van der Waals surface area contributed by atoms with Crippen molar-refractivity contribution in [2.24, 2.45) is 5.10 Å². The second kappa shape index (κ2) is 7.56. The minimum absolute atomic E-state index is 0.0682. The Labute approximate surface area is 145 Å². The number of halogens is 3. The molecule has 0 radical (unpaired) electrons. The summed E-state index contributed by atoms with van der Waals surface area (Å²) in [6, 6.07) is 6.22. The van der Waals surface area contributed by atoms with Crippen LogP contribution < -0.4 is 0 Å². The van der Waals surface area contributed by atoms with Crippen molar-refractivity contribution in [1.82, 2.24) is 5.01 Å². The molecule has 1 heterocycles. The van der Waals surface area contributed by atoms with Crippen molar-refractivity contribution in [3.63, 3.8) is 0 Å². The van der Waals surface area contributed by atoms with Gasteiger partial charge in [-0.1, -0.05) is 43.9 Å². The van der Waals surface area contributed by atoms with E-state index in [4.69, 9.17) is 0 Å². The number of benzene rings is 1. The lowest BCUT2D eigenvalue weighted by atomic mass is 10.0. The minimum Gasteiger partial charge on any atom is -0.362 e. The summed E-state index contributed by atoms with van der Waals surface area (Å²) >= 11 is 0. The molecule has 1 unspecified atom stereocenters. The number of hydrogen-bond acceptors (Lipinski definition) is 3. The molecule has 1 aromatic carbocycles. The quantitative estimate of drug-likeness (QED) is 0.767. The minimum atomic E-state index is -4.98. The van der Waals surface area contributed by atoms with Crippen LogP contribution in [0.15, 0.2) is 29.4 Å². The Hall–Kier alpha value is -1.89. The number of aryl methyl sites for hydroxylation is 1. The van der Waals surface area contributed by atoms with Gasteiger partial charge in [0.25, 0.3) is 11.6 Å². The van der Waals surface area contributed by atoms with Gasteiger partial charge < -0.3 is 5.11 Å². The van der Waals surface area contributed by atoms with Gasteiger partial charge in [-0.2, -0.15) is 23.3 Å². The maximum absolute atomic E-state index is 13.4. The zero-order valence-electron chi connectivity index (χ0n) is 14.4. The Kier molecular flexibility index (Phi) is 5.87. The molecular formula is C18H23F3N2O2. The predicted octanol–water partition coefficient (Wildman–Crippen LogP) is 4.42. The Bertz CT molecular complexity index is 658. The molecule has 1 aliphatic heterocycles. The van der Waals surface area contributed by atoms with E-state index in [0.717, 1.165) is 24.8 Å². The summed E-state index contributed by atoms with van der Waals surface area (Å²) in [6.45, 7) is 3.77. The maximum Gasteiger partial charge on any atom is 0.438 e. The molecule has 0 bridgehead atoms. The molecule has 0 fully saturated rings. The third kappa shape index (κ3) is 4.21. The summed E-state index contributed by atoms with van der Waals surface area (Å²) in [7, 11) is 0. The highest BCUT2D eigenvalue weighted by Crippen LogP contribution is 2.41. The van der Waals surface area contributed by atoms with Crippen LogP contribution in [-0.2, 0) is 0 Å². The van der Waals surface area contributed by atoms with E-state index in [0.29, 0.717) is 12.8 Å². The fraction of sp³-hybridized carbons (Fsp3) is 0.556. The largest absolute Gasteiger partial charge is 0.438 e. The van der Waals surface area contributed by atoms with E-state index >= 15 is 0 Å². The van der Waals surface area contributed by atoms with Crippen LogP contribution in [0.1, 0.15) is 61.4 Å². The van der Waals surface area contributed by atoms with E-state index in [1.807, 2.05) is 6.92 Å². The standard InChI is InChI=1S/C18H23F3N2O2/c1-3-4-5-6-10-15-12-17(25,18(19,20)21)23(22-15)16(24)14-9-7-8-13(2)11-14/h7-9,11,25H,3-6,10,12H2,1-2H3. The van der Waals surface area contributed by atoms with Crippen LogP contribution in [0.5, 0.6) is 0 Å². The van der Waals surface area contributed by atoms with E-state index in [9.17, 15) is 23.1 Å². The predicted molar refractivity (Wildman–Crippen MR) is 89.2 cm³/mol. The normalized spacial score (nSPS) is 20.7. The average molecular weight is 356 g/mol. The fourth-order valence-electron chi connectivity index (χ4n) is 2.85. The van der Waals surface area contributed by atoms with Crippen LogP contribution in [0, 0.1) is 6.92 Å². The molecule has 25 heavy (non-hydrogen) atoms. The lowest BCUT2D eigenvalue weighted by molar-refractivity contribution is -0.297. The second-order valence-electron chi connectivity index (χ2n) is 6.45. The molecule has 1 amide bonds. The van der Waals surface area contributed by atoms with Gasteiger partial charge in [-0.05, 0) is 31.9 Å². The van der Waals surface area contributed by atoms with Gasteiger partial charge in [0.2, 0.25) is 0 Å². The van der Waals surface area contributed by atoms with Crippen molar-refractivity contribution in [2.45, 2.75) is 64.3 Å². The van der Waals surface area contributed by atoms with Gasteiger partial charge in [-0.3, -0.25) is 4.79 Å². The number of rotatable bonds is 6. The second-order valence-corrected chi connectivity index (χ2v) is 6.45. The number of amides is 1. The monoisotopic (exact) mass is 356 g/mol. The molecule has 0 spiro atoms. The molecule has 138 valence electrons. The Morgan fingerprint density at radius 3 is 2.64 bits per heavy atom. The van der Waals surface area contributed by atoms with Gasteiger partial charge in [0.15, 0.2) is 0 Å². The Balaban J connectivity index is 2.26. The molecule has 7 heteroatoms. The number of carbonyl (C=O) groups excluding carboxylic acids is 1. The van der Waals surface area contributed by atoms with Gasteiger partial charge in [0, 0.05) is 17.7 Å². The van der Waals surface area contributed by atoms with Gasteiger partial charge in [-0.25, -0.2) is 0 Å². The average Bonchev–Trinajstić information content (AvgIpc) is 2.89. The number of alkyl halides is 3. The fourth-order valence-corrected chi connectivity index (χ4v) is 2.85. The van der Waals surface area contributed by atoms with Crippen molar-refractivity contribution in [3.8, 4) is 0 Å². The van der Waals surface area contributed by atoms with Gasteiger partial charge in [0.1, 0.15) is 0 Å². The number of hydrogen-bond donors (Lipinski definition) is 1. The van der Waals surface area contributed by atoms with Crippen molar-refractivity contribution >= 4 is 11.6 Å². The first-order valence-electron chi connectivity index (χ1n) is 8.45. The summed E-state index contributed by atoms with van der Waals surface area (Å²) < 4.78 is 40.3. The van der Waals surface area contributed by atoms with E-state index in [-0.39, 0.29) is 16.3 Å². The lowest BCUT2D eigenvalue weighted by Crippen LogP contribution is -2.56. The molecule has 0 aromatic heterocycles. The van der Waals surface area contributed by atoms with E-state index < -0.39 is 24.2 Å². The van der Waals surface area contributed by atoms with E-state index in [1.54, 1.807) is 19.1 Å². The van der Waals surface area contributed by atoms with Gasteiger partial charge >= 0.3 is 6.18 Å². The number of nitrogens with zero attached hydrogens (tertiary/aromatic N) is 2. The smallest absolute Gasteiger partial charge is 0.362 e. The lowest BCUT2D eigenvalue weighted by Gasteiger charge is -2.32. The molecule has 4 nitrogen and oxygen atoms in total. The van der Waals surface area contributed by atoms with Crippen LogP contribution >= 0.6 is 0 Å². The molecule has 1 N–H and O–H groups in total. The molecule has 2 rings (SSSR count). The zero-order valence-corrected chi connectivity index (χ0v) is 14.4. The molecule has 1 atom stereocenters. The first-order chi connectivity index (χ1) is 11.7. The van der Waals surface area contributed by atoms with E-state index in [2.05, 4.69) is 5.10 Å². The van der Waals surface area contributed by atoms with Crippen molar-refractivity contribution in [3.05, 3.63) is 35.4 Å². The zero-order chi connectivity index (χ0) is 18.7. The number of aliphatic hydroxyl groups is 1. The van der Waals surface area contributed by atoms with E-state index in [1.165, 1.54) is 12.1 Å². The molecular weight excluding hydrogens is 333 g/mol. The van der Waals surface area contributed by atoms with Crippen LogP contribution in [0.3, 0.4) is 0 Å². The topological polar surface area (TPSA) is 52.9 Å². The summed E-state index contributed by atoms with van der Waals surface area (Å²) in [5.74, 6) is -0.952.